The van der Waals surface area contributed by atoms with E-state index in [1.807, 2.05) is 0 Å². The van der Waals surface area contributed by atoms with Gasteiger partial charge in [0.25, 0.3) is 0 Å². The van der Waals surface area contributed by atoms with Gasteiger partial charge in [0.1, 0.15) is 0 Å². The van der Waals surface area contributed by atoms with Crippen LogP contribution in [-0.2, 0) is 0 Å². The Hall–Kier alpha value is -0.770. The standard InChI is InChI=1S/C9H6BrF3/c1-6(9(11,12)13)7-3-2-4-8(10)5-7/h2-5H,1H2. The van der Waals surface area contributed by atoms with Crippen LogP contribution in [0.2, 0.25) is 0 Å². The van der Waals surface area contributed by atoms with Crippen molar-refractivity contribution in [2.45, 2.75) is 6.18 Å². The van der Waals surface area contributed by atoms with Gasteiger partial charge in [-0.05, 0) is 17.7 Å². The Bertz CT molecular complexity index is 328. The van der Waals surface area contributed by atoms with Gasteiger partial charge in [-0.25, -0.2) is 0 Å². The molecule has 0 atom stereocenters. The first-order valence-corrected chi connectivity index (χ1v) is 4.22. The minimum atomic E-state index is -4.36. The summed E-state index contributed by atoms with van der Waals surface area (Å²) >= 11 is 3.09. The molecule has 0 aromatic heterocycles. The first kappa shape index (κ1) is 10.3. The van der Waals surface area contributed by atoms with E-state index in [9.17, 15) is 13.2 Å². The predicted molar refractivity (Wildman–Crippen MR) is 49.2 cm³/mol. The van der Waals surface area contributed by atoms with Crippen LogP contribution in [0.3, 0.4) is 0 Å². The Labute approximate surface area is 82.2 Å². The second-order valence-electron chi connectivity index (χ2n) is 2.49. The molecule has 0 bridgehead atoms. The maximum Gasteiger partial charge on any atom is 0.416 e. The van der Waals surface area contributed by atoms with Crippen LogP contribution in [-0.4, -0.2) is 6.18 Å². The van der Waals surface area contributed by atoms with Crippen LogP contribution >= 0.6 is 15.9 Å². The molecule has 1 aromatic rings. The molecule has 0 spiro atoms. The summed E-state index contributed by atoms with van der Waals surface area (Å²) in [6.45, 7) is 2.99. The van der Waals surface area contributed by atoms with E-state index >= 15 is 0 Å². The molecule has 1 aromatic carbocycles. The van der Waals surface area contributed by atoms with Crippen LogP contribution in [0.15, 0.2) is 35.3 Å². The molecule has 0 aliphatic heterocycles. The highest BCUT2D eigenvalue weighted by Gasteiger charge is 2.32. The minimum Gasteiger partial charge on any atom is -0.166 e. The summed E-state index contributed by atoms with van der Waals surface area (Å²) in [4.78, 5) is 0. The molecule has 0 heterocycles. The minimum absolute atomic E-state index is 0.0851. The molecule has 0 amide bonds. The second-order valence-corrected chi connectivity index (χ2v) is 3.40. The van der Waals surface area contributed by atoms with E-state index in [0.717, 1.165) is 0 Å². The van der Waals surface area contributed by atoms with E-state index in [2.05, 4.69) is 22.5 Å². The van der Waals surface area contributed by atoms with Gasteiger partial charge in [-0.2, -0.15) is 13.2 Å². The van der Waals surface area contributed by atoms with Gasteiger partial charge in [-0.1, -0.05) is 34.6 Å². The fourth-order valence-electron chi connectivity index (χ4n) is 0.840. The zero-order valence-electron chi connectivity index (χ0n) is 6.53. The fourth-order valence-corrected chi connectivity index (χ4v) is 1.24. The molecule has 0 nitrogen and oxygen atoms in total. The average molecular weight is 251 g/mol. The topological polar surface area (TPSA) is 0 Å². The summed E-state index contributed by atoms with van der Waals surface area (Å²) in [6, 6.07) is 5.96. The van der Waals surface area contributed by atoms with Crippen LogP contribution in [0.25, 0.3) is 5.57 Å². The summed E-state index contributed by atoms with van der Waals surface area (Å²) < 4.78 is 37.1. The van der Waals surface area contributed by atoms with Crippen molar-refractivity contribution in [1.29, 1.82) is 0 Å². The highest BCUT2D eigenvalue weighted by Crippen LogP contribution is 2.32. The van der Waals surface area contributed by atoms with E-state index in [1.54, 1.807) is 6.07 Å². The summed E-state index contributed by atoms with van der Waals surface area (Å²) in [6.07, 6.45) is -4.36. The Morgan fingerprint density at radius 2 is 1.92 bits per heavy atom. The van der Waals surface area contributed by atoms with Gasteiger partial charge >= 0.3 is 6.18 Å². The number of hydrogen-bond acceptors (Lipinski definition) is 0. The van der Waals surface area contributed by atoms with Gasteiger partial charge in [0.05, 0.1) is 5.57 Å². The number of allylic oxidation sites excluding steroid dienone is 1. The highest BCUT2D eigenvalue weighted by molar-refractivity contribution is 9.10. The van der Waals surface area contributed by atoms with Gasteiger partial charge in [0.15, 0.2) is 0 Å². The zero-order valence-corrected chi connectivity index (χ0v) is 8.11. The molecule has 0 N–H and O–H groups in total. The van der Waals surface area contributed by atoms with Gasteiger partial charge in [-0.15, -0.1) is 0 Å². The molecule has 0 aliphatic rings. The van der Waals surface area contributed by atoms with E-state index in [4.69, 9.17) is 0 Å². The van der Waals surface area contributed by atoms with E-state index in [-0.39, 0.29) is 5.56 Å². The molecule has 0 unspecified atom stereocenters. The number of halogens is 4. The Morgan fingerprint density at radius 3 is 2.38 bits per heavy atom. The van der Waals surface area contributed by atoms with Crippen LogP contribution in [0.1, 0.15) is 5.56 Å². The molecule has 0 saturated heterocycles. The predicted octanol–water partition coefficient (Wildman–Crippen LogP) is 4.02. The molecule has 0 fully saturated rings. The maximum atomic E-state index is 12.2. The van der Waals surface area contributed by atoms with E-state index < -0.39 is 11.7 Å². The number of rotatable bonds is 1. The monoisotopic (exact) mass is 250 g/mol. The molecule has 4 heteroatoms. The normalized spacial score (nSPS) is 11.4. The molecular weight excluding hydrogens is 245 g/mol. The molecule has 70 valence electrons. The lowest BCUT2D eigenvalue weighted by molar-refractivity contribution is -0.0686. The summed E-state index contributed by atoms with van der Waals surface area (Å²) in [7, 11) is 0. The van der Waals surface area contributed by atoms with Crippen molar-refractivity contribution in [3.8, 4) is 0 Å². The molecule has 0 aliphatic carbocycles. The van der Waals surface area contributed by atoms with Crippen LogP contribution < -0.4 is 0 Å². The second kappa shape index (κ2) is 3.54. The molecule has 13 heavy (non-hydrogen) atoms. The van der Waals surface area contributed by atoms with Crippen LogP contribution in [0.4, 0.5) is 13.2 Å². The summed E-state index contributed by atoms with van der Waals surface area (Å²) in [5.74, 6) is 0. The van der Waals surface area contributed by atoms with E-state index in [1.165, 1.54) is 18.2 Å². The molecular formula is C9H6BrF3. The first-order chi connectivity index (χ1) is 5.91. The lowest BCUT2D eigenvalue weighted by Crippen LogP contribution is -2.09. The lowest BCUT2D eigenvalue weighted by atomic mass is 10.1. The number of benzene rings is 1. The van der Waals surface area contributed by atoms with Crippen molar-refractivity contribution < 1.29 is 13.2 Å². The van der Waals surface area contributed by atoms with Crippen molar-refractivity contribution in [3.63, 3.8) is 0 Å². The summed E-state index contributed by atoms with van der Waals surface area (Å²) in [5, 5.41) is 0. The third-order valence-corrected chi connectivity index (χ3v) is 2.01. The molecule has 1 rings (SSSR count). The van der Waals surface area contributed by atoms with Crippen molar-refractivity contribution in [2.24, 2.45) is 0 Å². The maximum absolute atomic E-state index is 12.2. The Kier molecular flexibility index (Phi) is 2.81. The van der Waals surface area contributed by atoms with Gasteiger partial charge in [-0.3, -0.25) is 0 Å². The largest absolute Gasteiger partial charge is 0.416 e. The van der Waals surface area contributed by atoms with Gasteiger partial charge < -0.3 is 0 Å². The van der Waals surface area contributed by atoms with Gasteiger partial charge in [0, 0.05) is 4.47 Å². The highest BCUT2D eigenvalue weighted by atomic mass is 79.9. The number of alkyl halides is 3. The van der Waals surface area contributed by atoms with Gasteiger partial charge in [0.2, 0.25) is 0 Å². The Morgan fingerprint density at radius 1 is 1.31 bits per heavy atom. The Balaban J connectivity index is 3.03. The fraction of sp³-hybridized carbons (Fsp3) is 0.111. The van der Waals surface area contributed by atoms with Crippen molar-refractivity contribution >= 4 is 21.5 Å². The molecule has 0 radical (unpaired) electrons. The third-order valence-electron chi connectivity index (χ3n) is 1.52. The van der Waals surface area contributed by atoms with Crippen LogP contribution in [0.5, 0.6) is 0 Å². The van der Waals surface area contributed by atoms with Crippen molar-refractivity contribution in [1.82, 2.24) is 0 Å². The van der Waals surface area contributed by atoms with Crippen molar-refractivity contribution in [2.75, 3.05) is 0 Å². The smallest absolute Gasteiger partial charge is 0.166 e. The third kappa shape index (κ3) is 2.59. The quantitative estimate of drug-likeness (QED) is 0.706. The molecule has 0 saturated carbocycles. The van der Waals surface area contributed by atoms with Crippen molar-refractivity contribution in [3.05, 3.63) is 40.9 Å². The SMILES string of the molecule is C=C(c1cccc(Br)c1)C(F)(F)F. The zero-order chi connectivity index (χ0) is 10.1. The average Bonchev–Trinajstić information content (AvgIpc) is 2.01. The number of hydrogen-bond donors (Lipinski definition) is 0. The van der Waals surface area contributed by atoms with E-state index in [0.29, 0.717) is 4.47 Å². The van der Waals surface area contributed by atoms with Crippen LogP contribution in [0, 0.1) is 0 Å². The lowest BCUT2D eigenvalue weighted by Gasteiger charge is -2.09. The first-order valence-electron chi connectivity index (χ1n) is 3.43. The summed E-state index contributed by atoms with van der Waals surface area (Å²) in [5.41, 5.74) is -0.740.